The molecule has 0 N–H and O–H groups in total. The molecule has 0 fully saturated rings. The molecule has 6 nitrogen and oxygen atoms in total. The van der Waals surface area contributed by atoms with Crippen molar-refractivity contribution in [3.8, 4) is 0 Å². The lowest BCUT2D eigenvalue weighted by molar-refractivity contribution is -0.384. The van der Waals surface area contributed by atoms with Gasteiger partial charge in [0.25, 0.3) is 11.6 Å². The maximum absolute atomic E-state index is 14.0. The second kappa shape index (κ2) is 8.62. The molecule has 0 radical (unpaired) electrons. The van der Waals surface area contributed by atoms with Gasteiger partial charge in [-0.3, -0.25) is 19.9 Å². The summed E-state index contributed by atoms with van der Waals surface area (Å²) in [6.07, 6.45) is 3.28. The molecule has 142 valence electrons. The van der Waals surface area contributed by atoms with Gasteiger partial charge in [-0.1, -0.05) is 30.0 Å². The number of carbonyl (C=O) groups is 1. The summed E-state index contributed by atoms with van der Waals surface area (Å²) in [5, 5.41) is 11.2. The van der Waals surface area contributed by atoms with E-state index in [1.165, 1.54) is 29.2 Å². The second-order valence-corrected chi connectivity index (χ2v) is 7.08. The fourth-order valence-electron chi connectivity index (χ4n) is 2.58. The minimum absolute atomic E-state index is 0.147. The molecule has 3 aromatic rings. The van der Waals surface area contributed by atoms with Crippen molar-refractivity contribution in [2.75, 3.05) is 7.05 Å². The number of rotatable bonds is 6. The summed E-state index contributed by atoms with van der Waals surface area (Å²) in [5.41, 5.74) is 0.775. The van der Waals surface area contributed by atoms with Crippen LogP contribution in [0.4, 0.5) is 10.1 Å². The SMILES string of the molecule is CN(Cc1cccnc1)C(=O)c1cc([N+](=O)[O-])ccc1Sc1ccccc1F. The van der Waals surface area contributed by atoms with Crippen molar-refractivity contribution in [1.29, 1.82) is 0 Å². The molecule has 0 bridgehead atoms. The molecular formula is C20H16FN3O3S. The number of nitro groups is 1. The average molecular weight is 397 g/mol. The highest BCUT2D eigenvalue weighted by molar-refractivity contribution is 7.99. The van der Waals surface area contributed by atoms with Gasteiger partial charge in [0.15, 0.2) is 0 Å². The lowest BCUT2D eigenvalue weighted by Gasteiger charge is -2.19. The normalized spacial score (nSPS) is 10.5. The fraction of sp³-hybridized carbons (Fsp3) is 0.100. The van der Waals surface area contributed by atoms with Crippen molar-refractivity contribution >= 4 is 23.4 Å². The highest BCUT2D eigenvalue weighted by Gasteiger charge is 2.21. The number of benzene rings is 2. The first-order valence-corrected chi connectivity index (χ1v) is 9.12. The molecule has 0 aliphatic rings. The number of pyridine rings is 1. The molecule has 0 spiro atoms. The van der Waals surface area contributed by atoms with Crippen LogP contribution in [0.25, 0.3) is 0 Å². The molecule has 2 aromatic carbocycles. The molecule has 0 aliphatic carbocycles. The predicted octanol–water partition coefficient (Wildman–Crippen LogP) is 4.55. The van der Waals surface area contributed by atoms with Crippen LogP contribution in [0, 0.1) is 15.9 Å². The van der Waals surface area contributed by atoms with Gasteiger partial charge in [0.05, 0.1) is 10.5 Å². The molecule has 0 unspecified atom stereocenters. The van der Waals surface area contributed by atoms with Gasteiger partial charge >= 0.3 is 0 Å². The Morgan fingerprint density at radius 2 is 1.96 bits per heavy atom. The molecule has 0 aliphatic heterocycles. The Kier molecular flexibility index (Phi) is 6.00. The number of nitro benzene ring substituents is 1. The van der Waals surface area contributed by atoms with Crippen LogP contribution in [-0.4, -0.2) is 27.8 Å². The first-order valence-electron chi connectivity index (χ1n) is 8.31. The van der Waals surface area contributed by atoms with Gasteiger partial charge in [0.1, 0.15) is 5.82 Å². The minimum atomic E-state index is -0.560. The summed E-state index contributed by atoms with van der Waals surface area (Å²) in [4.78, 5) is 29.8. The van der Waals surface area contributed by atoms with Crippen molar-refractivity contribution in [3.63, 3.8) is 0 Å². The molecule has 1 heterocycles. The van der Waals surface area contributed by atoms with Gasteiger partial charge in [0, 0.05) is 47.9 Å². The van der Waals surface area contributed by atoms with Gasteiger partial charge in [-0.25, -0.2) is 4.39 Å². The summed E-state index contributed by atoms with van der Waals surface area (Å²) < 4.78 is 14.0. The Hall–Kier alpha value is -3.26. The number of non-ortho nitro benzene ring substituents is 1. The monoisotopic (exact) mass is 397 g/mol. The van der Waals surface area contributed by atoms with Crippen LogP contribution in [-0.2, 0) is 6.54 Å². The Labute approximate surface area is 165 Å². The maximum Gasteiger partial charge on any atom is 0.270 e. The highest BCUT2D eigenvalue weighted by atomic mass is 32.2. The van der Waals surface area contributed by atoms with Gasteiger partial charge in [-0.2, -0.15) is 0 Å². The zero-order valence-electron chi connectivity index (χ0n) is 14.9. The lowest BCUT2D eigenvalue weighted by atomic mass is 10.1. The first-order chi connectivity index (χ1) is 13.5. The average Bonchev–Trinajstić information content (AvgIpc) is 2.70. The summed E-state index contributed by atoms with van der Waals surface area (Å²) in [7, 11) is 1.60. The van der Waals surface area contributed by atoms with E-state index in [0.717, 1.165) is 17.3 Å². The topological polar surface area (TPSA) is 76.3 Å². The lowest BCUT2D eigenvalue weighted by Crippen LogP contribution is -2.26. The van der Waals surface area contributed by atoms with E-state index in [9.17, 15) is 19.3 Å². The number of amides is 1. The van der Waals surface area contributed by atoms with E-state index in [1.54, 1.807) is 43.7 Å². The fourth-order valence-corrected chi connectivity index (χ4v) is 3.52. The van der Waals surface area contributed by atoms with E-state index in [4.69, 9.17) is 0 Å². The summed E-state index contributed by atoms with van der Waals surface area (Å²) >= 11 is 1.06. The van der Waals surface area contributed by atoms with Crippen LogP contribution in [0.2, 0.25) is 0 Å². The number of aromatic nitrogens is 1. The van der Waals surface area contributed by atoms with Gasteiger partial charge < -0.3 is 4.90 Å². The standard InChI is InChI=1S/C20H16FN3O3S/c1-23(13-14-5-4-10-22-12-14)20(25)16-11-15(24(26)27)8-9-18(16)28-19-7-3-2-6-17(19)21/h2-12H,13H2,1H3. The molecular weight excluding hydrogens is 381 g/mol. The molecule has 0 saturated carbocycles. The zero-order chi connectivity index (χ0) is 20.1. The summed E-state index contributed by atoms with van der Waals surface area (Å²) in [6.45, 7) is 0.291. The molecule has 0 saturated heterocycles. The Morgan fingerprint density at radius 3 is 2.64 bits per heavy atom. The van der Waals surface area contributed by atoms with E-state index < -0.39 is 16.6 Å². The maximum atomic E-state index is 14.0. The number of carbonyl (C=O) groups excluding carboxylic acids is 1. The smallest absolute Gasteiger partial charge is 0.270 e. The molecule has 1 amide bonds. The minimum Gasteiger partial charge on any atom is -0.337 e. The van der Waals surface area contributed by atoms with Crippen molar-refractivity contribution in [2.24, 2.45) is 0 Å². The number of nitrogens with zero attached hydrogens (tertiary/aromatic N) is 3. The third kappa shape index (κ3) is 4.52. The zero-order valence-corrected chi connectivity index (χ0v) is 15.7. The number of hydrogen-bond acceptors (Lipinski definition) is 5. The third-order valence-electron chi connectivity index (χ3n) is 3.95. The number of halogens is 1. The first kappa shape index (κ1) is 19.5. The van der Waals surface area contributed by atoms with Crippen molar-refractivity contribution in [1.82, 2.24) is 9.88 Å². The largest absolute Gasteiger partial charge is 0.337 e. The van der Waals surface area contributed by atoms with Crippen LogP contribution in [0.3, 0.4) is 0 Å². The molecule has 0 atom stereocenters. The van der Waals surface area contributed by atoms with Gasteiger partial charge in [-0.05, 0) is 29.8 Å². The Bertz CT molecular complexity index is 1010. The number of hydrogen-bond donors (Lipinski definition) is 0. The van der Waals surface area contributed by atoms with Crippen LogP contribution < -0.4 is 0 Å². The summed E-state index contributed by atoms with van der Waals surface area (Å²) in [6, 6.07) is 13.8. The van der Waals surface area contributed by atoms with E-state index in [2.05, 4.69) is 4.98 Å². The second-order valence-electron chi connectivity index (χ2n) is 5.99. The van der Waals surface area contributed by atoms with E-state index in [-0.39, 0.29) is 11.3 Å². The van der Waals surface area contributed by atoms with Crippen LogP contribution >= 0.6 is 11.8 Å². The molecule has 3 rings (SSSR count). The third-order valence-corrected chi connectivity index (χ3v) is 5.08. The van der Waals surface area contributed by atoms with Gasteiger partial charge in [0.2, 0.25) is 0 Å². The van der Waals surface area contributed by atoms with Crippen molar-refractivity contribution in [3.05, 3.63) is 94.0 Å². The van der Waals surface area contributed by atoms with E-state index in [0.29, 0.717) is 16.3 Å². The van der Waals surface area contributed by atoms with Crippen LogP contribution in [0.1, 0.15) is 15.9 Å². The molecule has 8 heteroatoms. The van der Waals surface area contributed by atoms with E-state index in [1.807, 2.05) is 6.07 Å². The molecule has 28 heavy (non-hydrogen) atoms. The Balaban J connectivity index is 1.94. The quantitative estimate of drug-likeness (QED) is 0.450. The van der Waals surface area contributed by atoms with Gasteiger partial charge in [-0.15, -0.1) is 0 Å². The van der Waals surface area contributed by atoms with E-state index >= 15 is 0 Å². The highest BCUT2D eigenvalue weighted by Crippen LogP contribution is 2.34. The van der Waals surface area contributed by atoms with Crippen LogP contribution in [0.5, 0.6) is 0 Å². The predicted molar refractivity (Wildman–Crippen MR) is 104 cm³/mol. The molecule has 1 aromatic heterocycles. The van der Waals surface area contributed by atoms with Crippen molar-refractivity contribution < 1.29 is 14.1 Å². The Morgan fingerprint density at radius 1 is 1.18 bits per heavy atom. The van der Waals surface area contributed by atoms with Crippen molar-refractivity contribution in [2.45, 2.75) is 16.3 Å². The van der Waals surface area contributed by atoms with Crippen LogP contribution in [0.15, 0.2) is 76.8 Å². The summed E-state index contributed by atoms with van der Waals surface area (Å²) in [5.74, 6) is -0.820.